The molecule has 0 aromatic heterocycles. The third-order valence-electron chi connectivity index (χ3n) is 3.79. The first-order chi connectivity index (χ1) is 10.5. The minimum atomic E-state index is -0.0634. The molecular weight excluding hydrogens is 292 g/mol. The number of nitrogens with zero attached hydrogens (tertiary/aromatic N) is 1. The van der Waals surface area contributed by atoms with Gasteiger partial charge in [0, 0.05) is 22.4 Å². The van der Waals surface area contributed by atoms with Crippen molar-refractivity contribution in [2.24, 2.45) is 0 Å². The summed E-state index contributed by atoms with van der Waals surface area (Å²) in [5.74, 6) is 0. The van der Waals surface area contributed by atoms with E-state index in [2.05, 4.69) is 31.3 Å². The van der Waals surface area contributed by atoms with Crippen molar-refractivity contribution in [2.75, 3.05) is 16.8 Å². The van der Waals surface area contributed by atoms with Gasteiger partial charge in [-0.2, -0.15) is 0 Å². The molecule has 0 unspecified atom stereocenters. The lowest BCUT2D eigenvalue weighted by atomic mass is 10.1. The molecule has 0 saturated carbocycles. The third kappa shape index (κ3) is 2.97. The van der Waals surface area contributed by atoms with Crippen LogP contribution in [0.2, 0.25) is 0 Å². The topological polar surface area (TPSA) is 32.3 Å². The molecular formula is C18H20N2OS. The monoisotopic (exact) mass is 312 g/mol. The number of fused-ring (bicyclic) bond motifs is 1. The lowest BCUT2D eigenvalue weighted by molar-refractivity contribution is 0.256. The Bertz CT molecular complexity index is 714. The quantitative estimate of drug-likeness (QED) is 0.817. The minimum absolute atomic E-state index is 0.0634. The molecule has 0 radical (unpaired) electrons. The molecule has 1 aliphatic heterocycles. The zero-order valence-electron chi connectivity index (χ0n) is 13.1. The van der Waals surface area contributed by atoms with Crippen LogP contribution in [0, 0.1) is 13.8 Å². The summed E-state index contributed by atoms with van der Waals surface area (Å²) in [5.41, 5.74) is 4.15. The van der Waals surface area contributed by atoms with Crippen molar-refractivity contribution < 1.29 is 4.79 Å². The normalized spacial score (nSPS) is 17.0. The van der Waals surface area contributed by atoms with Crippen LogP contribution >= 0.6 is 11.8 Å². The van der Waals surface area contributed by atoms with Crippen LogP contribution in [0.3, 0.4) is 0 Å². The molecule has 1 heterocycles. The predicted molar refractivity (Wildman–Crippen MR) is 94.0 cm³/mol. The number of hydrogen-bond donors (Lipinski definition) is 1. The Morgan fingerprint density at radius 3 is 2.77 bits per heavy atom. The van der Waals surface area contributed by atoms with Gasteiger partial charge in [-0.25, -0.2) is 4.79 Å². The highest BCUT2D eigenvalue weighted by Gasteiger charge is 2.26. The van der Waals surface area contributed by atoms with E-state index in [1.165, 1.54) is 5.56 Å². The Morgan fingerprint density at radius 1 is 1.23 bits per heavy atom. The Balaban J connectivity index is 1.86. The Hall–Kier alpha value is -1.94. The van der Waals surface area contributed by atoms with Crippen molar-refractivity contribution in [2.45, 2.75) is 30.9 Å². The van der Waals surface area contributed by atoms with Gasteiger partial charge < -0.3 is 5.32 Å². The van der Waals surface area contributed by atoms with Crippen molar-refractivity contribution in [3.05, 3.63) is 53.6 Å². The van der Waals surface area contributed by atoms with Crippen molar-refractivity contribution in [3.8, 4) is 0 Å². The number of para-hydroxylation sites is 1. The van der Waals surface area contributed by atoms with Crippen LogP contribution in [0.4, 0.5) is 16.2 Å². The standard InChI is InChI=1S/C18H20N2OS/c1-12-8-9-15(13(2)10-12)19-18(21)20-11-14(3)22-17-7-5-4-6-16(17)20/h4-10,14H,11H2,1-3H3,(H,19,21)/t14-/m1/s1. The molecule has 4 heteroatoms. The Morgan fingerprint density at radius 2 is 2.00 bits per heavy atom. The van der Waals surface area contributed by atoms with Crippen molar-refractivity contribution in [3.63, 3.8) is 0 Å². The average Bonchev–Trinajstić information content (AvgIpc) is 2.49. The van der Waals surface area contributed by atoms with Crippen LogP contribution < -0.4 is 10.2 Å². The summed E-state index contributed by atoms with van der Waals surface area (Å²) < 4.78 is 0. The summed E-state index contributed by atoms with van der Waals surface area (Å²) in [6.45, 7) is 6.94. The number of carbonyl (C=O) groups excluding carboxylic acids is 1. The highest BCUT2D eigenvalue weighted by molar-refractivity contribution is 8.00. The summed E-state index contributed by atoms with van der Waals surface area (Å²) in [6.07, 6.45) is 0. The second-order valence-electron chi connectivity index (χ2n) is 5.76. The zero-order valence-corrected chi connectivity index (χ0v) is 13.9. The van der Waals surface area contributed by atoms with Crippen LogP contribution in [0.15, 0.2) is 47.4 Å². The number of rotatable bonds is 1. The summed E-state index contributed by atoms with van der Waals surface area (Å²) in [7, 11) is 0. The van der Waals surface area contributed by atoms with Gasteiger partial charge in [0.15, 0.2) is 0 Å². The van der Waals surface area contributed by atoms with E-state index in [1.807, 2.05) is 53.9 Å². The molecule has 114 valence electrons. The molecule has 2 aromatic carbocycles. The molecule has 3 rings (SSSR count). The summed E-state index contributed by atoms with van der Waals surface area (Å²) >= 11 is 1.82. The second kappa shape index (κ2) is 6.05. The lowest BCUT2D eigenvalue weighted by Crippen LogP contribution is -2.41. The fourth-order valence-electron chi connectivity index (χ4n) is 2.72. The van der Waals surface area contributed by atoms with Gasteiger partial charge >= 0.3 is 6.03 Å². The molecule has 3 nitrogen and oxygen atoms in total. The fourth-order valence-corrected chi connectivity index (χ4v) is 3.83. The van der Waals surface area contributed by atoms with Gasteiger partial charge in [0.05, 0.1) is 5.69 Å². The SMILES string of the molecule is Cc1ccc(NC(=O)N2C[C@@H](C)Sc3ccccc32)c(C)c1. The van der Waals surface area contributed by atoms with E-state index < -0.39 is 0 Å². The van der Waals surface area contributed by atoms with E-state index in [9.17, 15) is 4.79 Å². The van der Waals surface area contributed by atoms with E-state index >= 15 is 0 Å². The number of thioether (sulfide) groups is 1. The summed E-state index contributed by atoms with van der Waals surface area (Å²) in [6, 6.07) is 14.1. The third-order valence-corrected chi connectivity index (χ3v) is 4.94. The summed E-state index contributed by atoms with van der Waals surface area (Å²) in [4.78, 5) is 15.7. The van der Waals surface area contributed by atoms with Crippen LogP contribution in [0.25, 0.3) is 0 Å². The number of urea groups is 1. The first kappa shape index (κ1) is 15.0. The maximum atomic E-state index is 12.7. The molecule has 22 heavy (non-hydrogen) atoms. The molecule has 0 saturated heterocycles. The molecule has 1 aliphatic rings. The van der Waals surface area contributed by atoms with Gasteiger partial charge in [0.1, 0.15) is 0 Å². The second-order valence-corrected chi connectivity index (χ2v) is 7.24. The predicted octanol–water partition coefficient (Wildman–Crippen LogP) is 4.84. The van der Waals surface area contributed by atoms with E-state index in [0.717, 1.165) is 28.4 Å². The number of nitrogens with one attached hydrogen (secondary N) is 1. The maximum Gasteiger partial charge on any atom is 0.326 e. The van der Waals surface area contributed by atoms with E-state index in [4.69, 9.17) is 0 Å². The smallest absolute Gasteiger partial charge is 0.307 e. The molecule has 0 aliphatic carbocycles. The number of aryl methyl sites for hydroxylation is 2. The van der Waals surface area contributed by atoms with Crippen LogP contribution in [0.5, 0.6) is 0 Å². The number of benzene rings is 2. The first-order valence-electron chi connectivity index (χ1n) is 7.46. The largest absolute Gasteiger partial charge is 0.326 e. The molecule has 1 atom stereocenters. The molecule has 0 fully saturated rings. The number of hydrogen-bond acceptors (Lipinski definition) is 2. The van der Waals surface area contributed by atoms with Crippen LogP contribution in [-0.2, 0) is 0 Å². The molecule has 0 spiro atoms. The first-order valence-corrected chi connectivity index (χ1v) is 8.34. The van der Waals surface area contributed by atoms with Crippen LogP contribution in [0.1, 0.15) is 18.1 Å². The highest BCUT2D eigenvalue weighted by Crippen LogP contribution is 2.38. The summed E-state index contributed by atoms with van der Waals surface area (Å²) in [5, 5.41) is 3.43. The maximum absolute atomic E-state index is 12.7. The lowest BCUT2D eigenvalue weighted by Gasteiger charge is -2.32. The van der Waals surface area contributed by atoms with E-state index in [-0.39, 0.29) is 6.03 Å². The van der Waals surface area contributed by atoms with E-state index in [0.29, 0.717) is 5.25 Å². The van der Waals surface area contributed by atoms with Gasteiger partial charge in [0.2, 0.25) is 0 Å². The average molecular weight is 312 g/mol. The Kier molecular flexibility index (Phi) is 4.12. The van der Waals surface area contributed by atoms with Crippen molar-refractivity contribution >= 4 is 29.2 Å². The minimum Gasteiger partial charge on any atom is -0.307 e. The highest BCUT2D eigenvalue weighted by atomic mass is 32.2. The van der Waals surface area contributed by atoms with Crippen LogP contribution in [-0.4, -0.2) is 17.8 Å². The number of carbonyl (C=O) groups is 1. The zero-order chi connectivity index (χ0) is 15.7. The number of anilines is 2. The van der Waals surface area contributed by atoms with Crippen molar-refractivity contribution in [1.82, 2.24) is 0 Å². The van der Waals surface area contributed by atoms with Gasteiger partial charge in [0.25, 0.3) is 0 Å². The molecule has 1 N–H and O–H groups in total. The van der Waals surface area contributed by atoms with Crippen molar-refractivity contribution in [1.29, 1.82) is 0 Å². The van der Waals surface area contributed by atoms with Gasteiger partial charge in [-0.05, 0) is 37.6 Å². The number of amides is 2. The molecule has 2 amide bonds. The van der Waals surface area contributed by atoms with Gasteiger partial charge in [-0.15, -0.1) is 11.8 Å². The molecule has 0 bridgehead atoms. The Labute approximate surface area is 135 Å². The van der Waals surface area contributed by atoms with Gasteiger partial charge in [-0.3, -0.25) is 4.90 Å². The molecule has 2 aromatic rings. The fraction of sp³-hybridized carbons (Fsp3) is 0.278. The van der Waals surface area contributed by atoms with Gasteiger partial charge in [-0.1, -0.05) is 36.8 Å². The van der Waals surface area contributed by atoms with E-state index in [1.54, 1.807) is 0 Å².